The summed E-state index contributed by atoms with van der Waals surface area (Å²) in [6.45, 7) is -0.102. The Morgan fingerprint density at radius 3 is 2.46 bits per heavy atom. The monoisotopic (exact) mass is 467 g/mol. The zero-order valence-corrected chi connectivity index (χ0v) is 17.5. The van der Waals surface area contributed by atoms with Crippen LogP contribution < -0.4 is 10.1 Å². The molecule has 0 atom stereocenters. The van der Waals surface area contributed by atoms with E-state index in [0.29, 0.717) is 22.9 Å². The van der Waals surface area contributed by atoms with Gasteiger partial charge >= 0.3 is 5.97 Å². The van der Waals surface area contributed by atoms with Crippen molar-refractivity contribution in [3.05, 3.63) is 63.1 Å². The third-order valence-corrected chi connectivity index (χ3v) is 4.53. The topological polar surface area (TPSA) is 81.7 Å². The Hall–Kier alpha value is -2.38. The molecule has 0 aliphatic rings. The van der Waals surface area contributed by atoms with Gasteiger partial charge in [-0.15, -0.1) is 0 Å². The lowest BCUT2D eigenvalue weighted by Crippen LogP contribution is -2.28. The number of esters is 1. The average molecular weight is 469 g/mol. The third kappa shape index (κ3) is 6.98. The molecule has 0 bridgehead atoms. The van der Waals surface area contributed by atoms with Crippen LogP contribution in [0.2, 0.25) is 5.02 Å². The summed E-state index contributed by atoms with van der Waals surface area (Å²) in [7, 11) is 1.47. The van der Waals surface area contributed by atoms with Gasteiger partial charge in [0.15, 0.2) is 12.4 Å². The van der Waals surface area contributed by atoms with Crippen molar-refractivity contribution in [3.8, 4) is 5.75 Å². The van der Waals surface area contributed by atoms with Gasteiger partial charge in [-0.2, -0.15) is 0 Å². The van der Waals surface area contributed by atoms with Gasteiger partial charge in [-0.25, -0.2) is 0 Å². The fraction of sp³-hybridized carbons (Fsp3) is 0.250. The van der Waals surface area contributed by atoms with E-state index in [1.807, 2.05) is 0 Å². The fourth-order valence-corrected chi connectivity index (χ4v) is 2.81. The molecular weight excluding hydrogens is 450 g/mol. The van der Waals surface area contributed by atoms with Crippen LogP contribution in [0.3, 0.4) is 0 Å². The van der Waals surface area contributed by atoms with Crippen molar-refractivity contribution >= 4 is 45.2 Å². The van der Waals surface area contributed by atoms with Gasteiger partial charge in [0.2, 0.25) is 0 Å². The minimum atomic E-state index is -0.621. The average Bonchev–Trinajstić information content (AvgIpc) is 2.69. The van der Waals surface area contributed by atoms with E-state index in [4.69, 9.17) is 21.1 Å². The fourth-order valence-electron chi connectivity index (χ4n) is 2.32. The zero-order chi connectivity index (χ0) is 20.5. The van der Waals surface area contributed by atoms with Gasteiger partial charge < -0.3 is 14.8 Å². The maximum atomic E-state index is 12.3. The van der Waals surface area contributed by atoms with Crippen molar-refractivity contribution in [1.82, 2.24) is 5.32 Å². The molecule has 2 aromatic rings. The van der Waals surface area contributed by atoms with Crippen molar-refractivity contribution in [1.29, 1.82) is 0 Å². The lowest BCUT2D eigenvalue weighted by Gasteiger charge is -2.09. The van der Waals surface area contributed by atoms with E-state index in [1.165, 1.54) is 7.11 Å². The highest BCUT2D eigenvalue weighted by Crippen LogP contribution is 2.24. The molecule has 1 amide bonds. The van der Waals surface area contributed by atoms with Crippen molar-refractivity contribution in [2.45, 2.75) is 19.4 Å². The highest BCUT2D eigenvalue weighted by Gasteiger charge is 2.16. The van der Waals surface area contributed by atoms with Crippen LogP contribution in [0.1, 0.15) is 28.8 Å². The molecule has 148 valence electrons. The largest absolute Gasteiger partial charge is 0.496 e. The van der Waals surface area contributed by atoms with E-state index >= 15 is 0 Å². The summed E-state index contributed by atoms with van der Waals surface area (Å²) in [6, 6.07) is 12.1. The van der Waals surface area contributed by atoms with Crippen LogP contribution in [0, 0.1) is 0 Å². The van der Waals surface area contributed by atoms with E-state index < -0.39 is 18.5 Å². The van der Waals surface area contributed by atoms with Gasteiger partial charge in [-0.05, 0) is 35.9 Å². The van der Waals surface area contributed by atoms with E-state index in [9.17, 15) is 14.4 Å². The molecular formula is C20H19BrClNO5. The van der Waals surface area contributed by atoms with Gasteiger partial charge in [0.25, 0.3) is 5.91 Å². The number of hydrogen-bond donors (Lipinski definition) is 1. The molecule has 0 spiro atoms. The molecule has 2 rings (SSSR count). The smallest absolute Gasteiger partial charge is 0.306 e. The molecule has 0 heterocycles. The number of hydrogen-bond acceptors (Lipinski definition) is 5. The summed E-state index contributed by atoms with van der Waals surface area (Å²) in [6.07, 6.45) is -0.170. The van der Waals surface area contributed by atoms with Gasteiger partial charge in [0.05, 0.1) is 19.1 Å². The summed E-state index contributed by atoms with van der Waals surface area (Å²) in [4.78, 5) is 35.9. The number of methoxy groups -OCH3 is 1. The number of carbonyl (C=O) groups is 3. The Kier molecular flexibility index (Phi) is 8.47. The quantitative estimate of drug-likeness (QED) is 0.445. The standard InChI is InChI=1S/C20H19BrClNO5/c1-27-18-8-4-14(21)10-16(18)17(24)7-9-20(26)28-12-19(25)23-11-13-2-5-15(22)6-3-13/h2-6,8,10H,7,9,11-12H2,1H3,(H,23,25). The summed E-state index contributed by atoms with van der Waals surface area (Å²) in [5, 5.41) is 3.25. The lowest BCUT2D eigenvalue weighted by atomic mass is 10.1. The van der Waals surface area contributed by atoms with Crippen LogP contribution in [0.25, 0.3) is 0 Å². The van der Waals surface area contributed by atoms with Crippen molar-refractivity contribution in [2.24, 2.45) is 0 Å². The van der Waals surface area contributed by atoms with Crippen molar-refractivity contribution in [2.75, 3.05) is 13.7 Å². The molecule has 6 nitrogen and oxygen atoms in total. The Labute approximate surface area is 176 Å². The first kappa shape index (κ1) is 21.9. The number of ether oxygens (including phenoxy) is 2. The second-order valence-corrected chi connectivity index (χ2v) is 7.18. The first-order valence-electron chi connectivity index (χ1n) is 8.42. The van der Waals surface area contributed by atoms with Crippen LogP contribution in [0.15, 0.2) is 46.9 Å². The van der Waals surface area contributed by atoms with Crippen LogP contribution in [-0.2, 0) is 20.9 Å². The Bertz CT molecular complexity index is 854. The first-order chi connectivity index (χ1) is 13.4. The Morgan fingerprint density at radius 2 is 1.79 bits per heavy atom. The normalized spacial score (nSPS) is 10.2. The highest BCUT2D eigenvalue weighted by atomic mass is 79.9. The number of halogens is 2. The van der Waals surface area contributed by atoms with Crippen molar-refractivity contribution < 1.29 is 23.9 Å². The minimum absolute atomic E-state index is 0.0436. The van der Waals surface area contributed by atoms with Gasteiger partial charge in [-0.3, -0.25) is 14.4 Å². The molecule has 0 fully saturated rings. The lowest BCUT2D eigenvalue weighted by molar-refractivity contribution is -0.148. The van der Waals surface area contributed by atoms with Crippen LogP contribution in [0.4, 0.5) is 0 Å². The number of Topliss-reactive ketones (excluding diaryl/α,β-unsaturated/α-hetero) is 1. The molecule has 0 saturated heterocycles. The molecule has 1 N–H and O–H groups in total. The van der Waals surface area contributed by atoms with Crippen molar-refractivity contribution in [3.63, 3.8) is 0 Å². The number of carbonyl (C=O) groups excluding carboxylic acids is 3. The molecule has 28 heavy (non-hydrogen) atoms. The van der Waals surface area contributed by atoms with Gasteiger partial charge in [0.1, 0.15) is 5.75 Å². The maximum Gasteiger partial charge on any atom is 0.306 e. The molecule has 0 radical (unpaired) electrons. The van der Waals surface area contributed by atoms with Crippen LogP contribution >= 0.6 is 27.5 Å². The molecule has 0 aliphatic heterocycles. The summed E-state index contributed by atoms with van der Waals surface area (Å²) >= 11 is 9.10. The summed E-state index contributed by atoms with van der Waals surface area (Å²) in [5.41, 5.74) is 1.25. The van der Waals surface area contributed by atoms with E-state index in [1.54, 1.807) is 42.5 Å². The number of benzene rings is 2. The van der Waals surface area contributed by atoms with Crippen LogP contribution in [0.5, 0.6) is 5.75 Å². The minimum Gasteiger partial charge on any atom is -0.496 e. The SMILES string of the molecule is COc1ccc(Br)cc1C(=O)CCC(=O)OCC(=O)NCc1ccc(Cl)cc1. The second-order valence-electron chi connectivity index (χ2n) is 5.83. The zero-order valence-electron chi connectivity index (χ0n) is 15.2. The number of rotatable bonds is 9. The molecule has 0 aromatic heterocycles. The first-order valence-corrected chi connectivity index (χ1v) is 9.59. The third-order valence-electron chi connectivity index (χ3n) is 3.79. The summed E-state index contributed by atoms with van der Waals surface area (Å²) in [5.74, 6) is -0.863. The molecule has 0 unspecified atom stereocenters. The number of ketones is 1. The molecule has 8 heteroatoms. The number of nitrogens with one attached hydrogen (secondary N) is 1. The molecule has 2 aromatic carbocycles. The highest BCUT2D eigenvalue weighted by molar-refractivity contribution is 9.10. The Balaban J connectivity index is 1.73. The maximum absolute atomic E-state index is 12.3. The van der Waals surface area contributed by atoms with E-state index in [0.717, 1.165) is 10.0 Å². The van der Waals surface area contributed by atoms with E-state index in [-0.39, 0.29) is 18.6 Å². The van der Waals surface area contributed by atoms with Crippen LogP contribution in [-0.4, -0.2) is 31.4 Å². The molecule has 0 aliphatic carbocycles. The molecule has 0 saturated carbocycles. The van der Waals surface area contributed by atoms with Gasteiger partial charge in [-0.1, -0.05) is 39.7 Å². The van der Waals surface area contributed by atoms with Gasteiger partial charge in [0, 0.05) is 22.5 Å². The predicted octanol–water partition coefficient (Wildman–Crippen LogP) is 3.93. The summed E-state index contributed by atoms with van der Waals surface area (Å²) < 4.78 is 10.8. The second kappa shape index (κ2) is 10.8. The van der Waals surface area contributed by atoms with E-state index in [2.05, 4.69) is 21.2 Å². The number of amides is 1. The Morgan fingerprint density at radius 1 is 1.07 bits per heavy atom. The predicted molar refractivity (Wildman–Crippen MR) is 109 cm³/mol.